The van der Waals surface area contributed by atoms with Gasteiger partial charge in [-0.2, -0.15) is 0 Å². The third-order valence-electron chi connectivity index (χ3n) is 6.00. The van der Waals surface area contributed by atoms with Gasteiger partial charge in [0.25, 0.3) is 0 Å². The van der Waals surface area contributed by atoms with E-state index in [9.17, 15) is 0 Å². The molecule has 0 aliphatic carbocycles. The van der Waals surface area contributed by atoms with Crippen molar-refractivity contribution in [3.63, 3.8) is 0 Å². The molecule has 0 aliphatic heterocycles. The first-order valence-electron chi connectivity index (χ1n) is 11.8. The second-order valence-corrected chi connectivity index (χ2v) is 10.4. The summed E-state index contributed by atoms with van der Waals surface area (Å²) < 4.78 is 5.85. The number of fused-ring (bicyclic) bond motifs is 1. The minimum absolute atomic E-state index is 0.0766. The van der Waals surface area contributed by atoms with Crippen LogP contribution in [0.3, 0.4) is 0 Å². The summed E-state index contributed by atoms with van der Waals surface area (Å²) in [6, 6.07) is 16.6. The molecule has 2 aromatic heterocycles. The van der Waals surface area contributed by atoms with E-state index in [1.165, 1.54) is 16.3 Å². The van der Waals surface area contributed by atoms with Crippen molar-refractivity contribution < 1.29 is 4.74 Å². The standard InChI is InChI=1S/C28H33N3OS/c1-6-32-26-25(29-22-14-7-8-15-23(22)30-26)21-13-9-11-20(17-21)12-10-16-28(4,5)24-18-33-27(31-24)19(2)3/h7-9,11,13-15,17-19H,6,10,12,16H2,1-5H3. The van der Waals surface area contributed by atoms with E-state index >= 15 is 0 Å². The Labute approximate surface area is 201 Å². The van der Waals surface area contributed by atoms with Crippen LogP contribution in [0.15, 0.2) is 53.9 Å². The maximum atomic E-state index is 5.85. The van der Waals surface area contributed by atoms with Gasteiger partial charge in [0.1, 0.15) is 5.69 Å². The summed E-state index contributed by atoms with van der Waals surface area (Å²) in [7, 11) is 0. The number of aromatic nitrogens is 3. The number of aryl methyl sites for hydroxylation is 1. The molecule has 0 atom stereocenters. The molecular formula is C28H33N3OS. The van der Waals surface area contributed by atoms with E-state index in [0.717, 1.165) is 41.6 Å². The first-order chi connectivity index (χ1) is 15.9. The van der Waals surface area contributed by atoms with Crippen LogP contribution in [0.5, 0.6) is 5.88 Å². The summed E-state index contributed by atoms with van der Waals surface area (Å²) in [4.78, 5) is 14.5. The minimum Gasteiger partial charge on any atom is -0.476 e. The van der Waals surface area contributed by atoms with Gasteiger partial charge >= 0.3 is 0 Å². The third kappa shape index (κ3) is 5.41. The van der Waals surface area contributed by atoms with E-state index in [2.05, 4.69) is 57.3 Å². The van der Waals surface area contributed by atoms with Crippen LogP contribution in [0.2, 0.25) is 0 Å². The summed E-state index contributed by atoms with van der Waals surface area (Å²) in [5.41, 5.74) is 6.20. The topological polar surface area (TPSA) is 47.9 Å². The molecule has 0 amide bonds. The van der Waals surface area contributed by atoms with E-state index in [0.29, 0.717) is 18.4 Å². The van der Waals surface area contributed by atoms with E-state index in [4.69, 9.17) is 19.7 Å². The highest BCUT2D eigenvalue weighted by molar-refractivity contribution is 7.09. The molecule has 2 heterocycles. The minimum atomic E-state index is 0.0766. The molecule has 0 saturated carbocycles. The van der Waals surface area contributed by atoms with E-state index < -0.39 is 0 Å². The fourth-order valence-electron chi connectivity index (χ4n) is 4.01. The Morgan fingerprint density at radius 1 is 0.970 bits per heavy atom. The van der Waals surface area contributed by atoms with E-state index in [1.807, 2.05) is 31.2 Å². The Kier molecular flexibility index (Phi) is 7.08. The largest absolute Gasteiger partial charge is 0.476 e. The monoisotopic (exact) mass is 459 g/mol. The highest BCUT2D eigenvalue weighted by Gasteiger charge is 2.24. The summed E-state index contributed by atoms with van der Waals surface area (Å²) in [5.74, 6) is 1.08. The lowest BCUT2D eigenvalue weighted by atomic mass is 9.84. The van der Waals surface area contributed by atoms with Crippen LogP contribution in [-0.2, 0) is 11.8 Å². The van der Waals surface area contributed by atoms with Gasteiger partial charge < -0.3 is 4.74 Å². The highest BCUT2D eigenvalue weighted by atomic mass is 32.1. The van der Waals surface area contributed by atoms with Gasteiger partial charge in [-0.05, 0) is 49.9 Å². The van der Waals surface area contributed by atoms with Gasteiger partial charge in [0, 0.05) is 22.3 Å². The summed E-state index contributed by atoms with van der Waals surface area (Å²) in [6.07, 6.45) is 3.22. The number of rotatable bonds is 9. The quantitative estimate of drug-likeness (QED) is 0.259. The molecule has 0 radical (unpaired) electrons. The number of benzene rings is 2. The predicted octanol–water partition coefficient (Wildman–Crippen LogP) is 7.58. The van der Waals surface area contributed by atoms with Crippen molar-refractivity contribution in [1.29, 1.82) is 0 Å². The van der Waals surface area contributed by atoms with Gasteiger partial charge in [0.05, 0.1) is 28.3 Å². The number of hydrogen-bond acceptors (Lipinski definition) is 5. The summed E-state index contributed by atoms with van der Waals surface area (Å²) in [5, 5.41) is 3.47. The van der Waals surface area contributed by atoms with Crippen LogP contribution in [-0.4, -0.2) is 21.6 Å². The molecule has 4 rings (SSSR count). The van der Waals surface area contributed by atoms with Crippen molar-refractivity contribution in [3.05, 3.63) is 70.2 Å². The predicted molar refractivity (Wildman–Crippen MR) is 138 cm³/mol. The number of ether oxygens (including phenoxy) is 1. The molecule has 0 aliphatic rings. The third-order valence-corrected chi connectivity index (χ3v) is 7.14. The maximum Gasteiger partial charge on any atom is 0.241 e. The molecular weight excluding hydrogens is 426 g/mol. The molecule has 33 heavy (non-hydrogen) atoms. The van der Waals surface area contributed by atoms with Gasteiger partial charge in [-0.25, -0.2) is 15.0 Å². The SMILES string of the molecule is CCOc1nc2ccccc2nc1-c1cccc(CCCC(C)(C)c2csc(C(C)C)n2)c1. The van der Waals surface area contributed by atoms with Crippen molar-refractivity contribution in [1.82, 2.24) is 15.0 Å². The first-order valence-corrected chi connectivity index (χ1v) is 12.7. The van der Waals surface area contributed by atoms with E-state index in [-0.39, 0.29) is 5.41 Å². The van der Waals surface area contributed by atoms with Gasteiger partial charge in [-0.1, -0.05) is 58.0 Å². The molecule has 5 heteroatoms. The number of para-hydroxylation sites is 2. The Balaban J connectivity index is 1.51. The van der Waals surface area contributed by atoms with Crippen molar-refractivity contribution in [3.8, 4) is 17.1 Å². The average molecular weight is 460 g/mol. The lowest BCUT2D eigenvalue weighted by Gasteiger charge is -2.22. The molecule has 0 unspecified atom stereocenters. The molecule has 0 bridgehead atoms. The van der Waals surface area contributed by atoms with Gasteiger partial charge in [0.15, 0.2) is 0 Å². The van der Waals surface area contributed by atoms with Crippen LogP contribution in [0.4, 0.5) is 0 Å². The Morgan fingerprint density at radius 2 is 1.73 bits per heavy atom. The van der Waals surface area contributed by atoms with Crippen LogP contribution in [0.25, 0.3) is 22.3 Å². The molecule has 0 fully saturated rings. The highest BCUT2D eigenvalue weighted by Crippen LogP contribution is 2.33. The van der Waals surface area contributed by atoms with Crippen molar-refractivity contribution in [2.45, 2.75) is 65.2 Å². The fourth-order valence-corrected chi connectivity index (χ4v) is 5.04. The fraction of sp³-hybridized carbons (Fsp3) is 0.393. The lowest BCUT2D eigenvalue weighted by Crippen LogP contribution is -2.18. The zero-order chi connectivity index (χ0) is 23.4. The molecule has 172 valence electrons. The zero-order valence-corrected chi connectivity index (χ0v) is 21.1. The molecule has 2 aromatic carbocycles. The molecule has 0 N–H and O–H groups in total. The molecule has 0 spiro atoms. The Hall–Kier alpha value is -2.79. The Bertz CT molecular complexity index is 1230. The smallest absolute Gasteiger partial charge is 0.241 e. The van der Waals surface area contributed by atoms with Crippen LogP contribution < -0.4 is 4.74 Å². The van der Waals surface area contributed by atoms with Crippen LogP contribution in [0, 0.1) is 0 Å². The number of hydrogen-bond donors (Lipinski definition) is 0. The number of thiazole rings is 1. The summed E-state index contributed by atoms with van der Waals surface area (Å²) >= 11 is 1.78. The molecule has 0 saturated heterocycles. The second-order valence-electron chi connectivity index (χ2n) is 9.46. The van der Waals surface area contributed by atoms with Gasteiger partial charge in [-0.15, -0.1) is 11.3 Å². The first kappa shape index (κ1) is 23.4. The molecule has 4 aromatic rings. The van der Waals surface area contributed by atoms with E-state index in [1.54, 1.807) is 11.3 Å². The normalized spacial score (nSPS) is 11.9. The lowest BCUT2D eigenvalue weighted by molar-refractivity contribution is 0.328. The van der Waals surface area contributed by atoms with Crippen molar-refractivity contribution in [2.24, 2.45) is 0 Å². The van der Waals surface area contributed by atoms with Gasteiger partial charge in [-0.3, -0.25) is 0 Å². The van der Waals surface area contributed by atoms with Crippen molar-refractivity contribution in [2.75, 3.05) is 6.61 Å². The maximum absolute atomic E-state index is 5.85. The van der Waals surface area contributed by atoms with Crippen molar-refractivity contribution >= 4 is 22.4 Å². The van der Waals surface area contributed by atoms with Crippen LogP contribution >= 0.6 is 11.3 Å². The average Bonchev–Trinajstić information content (AvgIpc) is 3.31. The molecule has 4 nitrogen and oxygen atoms in total. The number of nitrogens with zero attached hydrogens (tertiary/aromatic N) is 3. The zero-order valence-electron chi connectivity index (χ0n) is 20.3. The Morgan fingerprint density at radius 3 is 2.42 bits per heavy atom. The van der Waals surface area contributed by atoms with Crippen LogP contribution in [0.1, 0.15) is 69.6 Å². The second kappa shape index (κ2) is 10.0. The summed E-state index contributed by atoms with van der Waals surface area (Å²) in [6.45, 7) is 11.6. The van der Waals surface area contributed by atoms with Gasteiger partial charge in [0.2, 0.25) is 5.88 Å².